The van der Waals surface area contributed by atoms with E-state index in [0.29, 0.717) is 23.9 Å². The lowest BCUT2D eigenvalue weighted by Gasteiger charge is -2.10. The van der Waals surface area contributed by atoms with Crippen LogP contribution in [0.1, 0.15) is 22.4 Å². The van der Waals surface area contributed by atoms with Crippen molar-refractivity contribution in [3.63, 3.8) is 0 Å². The standard InChI is InChI=1S/C24H20N2O3S/c1-29-17-20-8-6-5-7-19(20)13-18-11-12-24-21(14-18)15-22(16-25)26(24)30(27,28)23-9-3-2-4-10-23/h2-12,14-15H,13,17H2,1H3. The summed E-state index contributed by atoms with van der Waals surface area (Å²) >= 11 is 0. The first-order chi connectivity index (χ1) is 14.5. The van der Waals surface area contributed by atoms with Crippen LogP contribution >= 0.6 is 0 Å². The average molecular weight is 417 g/mol. The molecule has 0 bridgehead atoms. The molecule has 0 saturated carbocycles. The van der Waals surface area contributed by atoms with Gasteiger partial charge in [0.15, 0.2) is 0 Å². The predicted molar refractivity (Wildman–Crippen MR) is 116 cm³/mol. The van der Waals surface area contributed by atoms with E-state index in [0.717, 1.165) is 20.7 Å². The first-order valence-corrected chi connectivity index (χ1v) is 10.9. The van der Waals surface area contributed by atoms with E-state index in [1.165, 1.54) is 12.1 Å². The van der Waals surface area contributed by atoms with Gasteiger partial charge in [0.1, 0.15) is 11.8 Å². The molecule has 3 aromatic carbocycles. The first kappa shape index (κ1) is 19.9. The van der Waals surface area contributed by atoms with E-state index in [1.807, 2.05) is 36.4 Å². The van der Waals surface area contributed by atoms with Crippen molar-refractivity contribution in [3.8, 4) is 6.07 Å². The highest BCUT2D eigenvalue weighted by molar-refractivity contribution is 7.90. The third-order valence-electron chi connectivity index (χ3n) is 5.03. The lowest BCUT2D eigenvalue weighted by molar-refractivity contribution is 0.184. The topological polar surface area (TPSA) is 72.1 Å². The van der Waals surface area contributed by atoms with Crippen LogP contribution in [0.5, 0.6) is 0 Å². The van der Waals surface area contributed by atoms with E-state index < -0.39 is 10.0 Å². The van der Waals surface area contributed by atoms with E-state index in [4.69, 9.17) is 4.74 Å². The van der Waals surface area contributed by atoms with E-state index >= 15 is 0 Å². The van der Waals surface area contributed by atoms with Crippen molar-refractivity contribution in [3.05, 3.63) is 101 Å². The number of benzene rings is 3. The van der Waals surface area contributed by atoms with Gasteiger partial charge in [0.05, 0.1) is 17.0 Å². The molecule has 0 radical (unpaired) electrons. The summed E-state index contributed by atoms with van der Waals surface area (Å²) in [5, 5.41) is 10.3. The molecule has 30 heavy (non-hydrogen) atoms. The van der Waals surface area contributed by atoms with Gasteiger partial charge < -0.3 is 4.74 Å². The van der Waals surface area contributed by atoms with Crippen molar-refractivity contribution in [2.24, 2.45) is 0 Å². The zero-order valence-electron chi connectivity index (χ0n) is 16.4. The van der Waals surface area contributed by atoms with Gasteiger partial charge in [-0.15, -0.1) is 0 Å². The summed E-state index contributed by atoms with van der Waals surface area (Å²) in [4.78, 5) is 0.150. The number of fused-ring (bicyclic) bond motifs is 1. The van der Waals surface area contributed by atoms with Gasteiger partial charge in [-0.05, 0) is 53.4 Å². The van der Waals surface area contributed by atoms with Crippen LogP contribution in [0.25, 0.3) is 10.9 Å². The molecule has 5 nitrogen and oxygen atoms in total. The highest BCUT2D eigenvalue weighted by Crippen LogP contribution is 2.27. The monoisotopic (exact) mass is 416 g/mol. The Kier molecular flexibility index (Phi) is 5.40. The Morgan fingerprint density at radius 3 is 2.33 bits per heavy atom. The maximum absolute atomic E-state index is 13.2. The van der Waals surface area contributed by atoms with Crippen molar-refractivity contribution < 1.29 is 13.2 Å². The first-order valence-electron chi connectivity index (χ1n) is 9.45. The second-order valence-electron chi connectivity index (χ2n) is 7.00. The van der Waals surface area contributed by atoms with Crippen molar-refractivity contribution in [1.82, 2.24) is 3.97 Å². The maximum atomic E-state index is 13.2. The molecule has 6 heteroatoms. The lowest BCUT2D eigenvalue weighted by Crippen LogP contribution is -2.14. The number of hydrogen-bond donors (Lipinski definition) is 0. The van der Waals surface area contributed by atoms with Gasteiger partial charge in [-0.25, -0.2) is 12.4 Å². The number of nitriles is 1. The van der Waals surface area contributed by atoms with Crippen molar-refractivity contribution in [2.75, 3.05) is 7.11 Å². The summed E-state index contributed by atoms with van der Waals surface area (Å²) < 4.78 is 32.8. The van der Waals surface area contributed by atoms with Gasteiger partial charge >= 0.3 is 0 Å². The van der Waals surface area contributed by atoms with Crippen molar-refractivity contribution in [1.29, 1.82) is 5.26 Å². The summed E-state index contributed by atoms with van der Waals surface area (Å²) in [6.07, 6.45) is 0.688. The fourth-order valence-corrected chi connectivity index (χ4v) is 5.12. The molecule has 1 aromatic heterocycles. The second kappa shape index (κ2) is 8.15. The third kappa shape index (κ3) is 3.61. The molecule has 0 saturated heterocycles. The quantitative estimate of drug-likeness (QED) is 0.464. The van der Waals surface area contributed by atoms with E-state index in [2.05, 4.69) is 6.07 Å². The highest BCUT2D eigenvalue weighted by Gasteiger charge is 2.23. The molecule has 4 aromatic rings. The number of nitrogens with zero attached hydrogens (tertiary/aromatic N) is 2. The average Bonchev–Trinajstić information content (AvgIpc) is 3.14. The fourth-order valence-electron chi connectivity index (χ4n) is 3.63. The lowest BCUT2D eigenvalue weighted by atomic mass is 9.99. The number of hydrogen-bond acceptors (Lipinski definition) is 4. The summed E-state index contributed by atoms with van der Waals surface area (Å²) in [6.45, 7) is 0.530. The Morgan fingerprint density at radius 2 is 1.63 bits per heavy atom. The molecular weight excluding hydrogens is 396 g/mol. The van der Waals surface area contributed by atoms with Crippen LogP contribution in [0, 0.1) is 11.3 Å². The van der Waals surface area contributed by atoms with Crippen LogP contribution in [-0.4, -0.2) is 19.5 Å². The van der Waals surface area contributed by atoms with Gasteiger partial charge in [-0.3, -0.25) is 0 Å². The van der Waals surface area contributed by atoms with E-state index in [1.54, 1.807) is 37.4 Å². The maximum Gasteiger partial charge on any atom is 0.269 e. The fraction of sp³-hybridized carbons (Fsp3) is 0.125. The smallest absolute Gasteiger partial charge is 0.269 e. The zero-order chi connectivity index (χ0) is 21.1. The minimum absolute atomic E-state index is 0.0887. The molecule has 0 aliphatic rings. The number of methoxy groups -OCH3 is 1. The number of aromatic nitrogens is 1. The Balaban J connectivity index is 1.79. The van der Waals surface area contributed by atoms with Gasteiger partial charge in [0.25, 0.3) is 10.0 Å². The Hall–Kier alpha value is -3.40. The van der Waals surface area contributed by atoms with Gasteiger partial charge in [0, 0.05) is 12.5 Å². The molecule has 4 rings (SSSR count). The normalized spacial score (nSPS) is 11.5. The minimum atomic E-state index is -3.87. The van der Waals surface area contributed by atoms with Crippen LogP contribution in [-0.2, 0) is 27.8 Å². The molecule has 150 valence electrons. The summed E-state index contributed by atoms with van der Waals surface area (Å²) in [5.41, 5.74) is 3.87. The highest BCUT2D eigenvalue weighted by atomic mass is 32.2. The zero-order valence-corrected chi connectivity index (χ0v) is 17.3. The van der Waals surface area contributed by atoms with Gasteiger partial charge in [-0.1, -0.05) is 48.5 Å². The molecule has 0 amide bonds. The molecule has 0 N–H and O–H groups in total. The molecule has 0 aliphatic carbocycles. The van der Waals surface area contributed by atoms with Crippen LogP contribution < -0.4 is 0 Å². The van der Waals surface area contributed by atoms with E-state index in [-0.39, 0.29) is 10.6 Å². The molecular formula is C24H20N2O3S. The molecule has 1 heterocycles. The van der Waals surface area contributed by atoms with E-state index in [9.17, 15) is 13.7 Å². The summed E-state index contributed by atoms with van der Waals surface area (Å²) in [5.74, 6) is 0. The van der Waals surface area contributed by atoms with Crippen LogP contribution in [0.3, 0.4) is 0 Å². The second-order valence-corrected chi connectivity index (χ2v) is 8.78. The van der Waals surface area contributed by atoms with Crippen LogP contribution in [0.2, 0.25) is 0 Å². The molecule has 0 atom stereocenters. The Morgan fingerprint density at radius 1 is 0.933 bits per heavy atom. The van der Waals surface area contributed by atoms with Gasteiger partial charge in [-0.2, -0.15) is 5.26 Å². The largest absolute Gasteiger partial charge is 0.380 e. The predicted octanol–water partition coefficient (Wildman–Crippen LogP) is 4.49. The van der Waals surface area contributed by atoms with Gasteiger partial charge in [0.2, 0.25) is 0 Å². The molecule has 0 fully saturated rings. The summed E-state index contributed by atoms with van der Waals surface area (Å²) in [6, 6.07) is 25.5. The molecule has 0 spiro atoms. The van der Waals surface area contributed by atoms with Crippen molar-refractivity contribution in [2.45, 2.75) is 17.9 Å². The Labute approximate surface area is 175 Å². The number of rotatable bonds is 6. The minimum Gasteiger partial charge on any atom is -0.380 e. The SMILES string of the molecule is COCc1ccccc1Cc1ccc2c(c1)cc(C#N)n2S(=O)(=O)c1ccccc1. The molecule has 0 unspecified atom stereocenters. The number of ether oxygens (including phenoxy) is 1. The van der Waals surface area contributed by atoms with Crippen LogP contribution in [0.4, 0.5) is 0 Å². The van der Waals surface area contributed by atoms with Crippen LogP contribution in [0.15, 0.2) is 83.8 Å². The Bertz CT molecular complexity index is 1350. The molecule has 0 aliphatic heterocycles. The van der Waals surface area contributed by atoms with Crippen molar-refractivity contribution >= 4 is 20.9 Å². The third-order valence-corrected chi connectivity index (χ3v) is 6.77. The summed E-state index contributed by atoms with van der Waals surface area (Å²) in [7, 11) is -2.20.